The first-order valence-corrected chi connectivity index (χ1v) is 3.71. The predicted octanol–water partition coefficient (Wildman–Crippen LogP) is -3.03. The van der Waals surface area contributed by atoms with E-state index in [1.165, 1.54) is 0 Å². The van der Waals surface area contributed by atoms with Gasteiger partial charge in [0.15, 0.2) is 0 Å². The van der Waals surface area contributed by atoms with Gasteiger partial charge in [0.25, 0.3) is 23.9 Å². The maximum absolute atomic E-state index is 9.00. The Bertz CT molecular complexity index is 179. The van der Waals surface area contributed by atoms with Crippen LogP contribution in [0.4, 0.5) is 0 Å². The standard InChI is InChI=1S/4C2H4O2.Ca.K.Mg.Sr.7H/c4*1-2(3)4;;;;;;;;;;;/h4*1H3,(H,3,4);;;;;;;;;;;. The molecule has 8 nitrogen and oxygen atoms in total. The molecule has 0 heterocycles. The summed E-state index contributed by atoms with van der Waals surface area (Å²) in [5, 5.41) is 29.7. The summed E-state index contributed by atoms with van der Waals surface area (Å²) in [7, 11) is 0. The van der Waals surface area contributed by atoms with Crippen molar-refractivity contribution in [3.8, 4) is 0 Å². The Hall–Kier alpha value is 3.02. The van der Waals surface area contributed by atoms with Crippen LogP contribution in [-0.4, -0.2) is 202 Å². The Morgan fingerprint density at radius 3 is 0.600 bits per heavy atom. The number of rotatable bonds is 0. The fourth-order valence-corrected chi connectivity index (χ4v) is 0. The van der Waals surface area contributed by atoms with Gasteiger partial charge in [-0.25, -0.2) is 0 Å². The summed E-state index contributed by atoms with van der Waals surface area (Å²) in [4.78, 5) is 36.0. The third kappa shape index (κ3) is 922. The number of carboxylic acids is 4. The SMILES string of the molecule is CC(=O)O.CC(=O)O.CC(=O)O.CC(=O)O.[CaH2].[KH].[MgH2].[SrH2]. The van der Waals surface area contributed by atoms with Crippen molar-refractivity contribution in [3.63, 3.8) is 0 Å². The Balaban J connectivity index is -0.0000000150. The van der Waals surface area contributed by atoms with Gasteiger partial charge in [-0.05, 0) is 0 Å². The molecular formula is C8H23CaKMgO8Sr. The first-order chi connectivity index (χ1) is 6.93. The number of hydrogen-bond acceptors (Lipinski definition) is 4. The maximum atomic E-state index is 9.00. The van der Waals surface area contributed by atoms with Crippen LogP contribution in [0.2, 0.25) is 0 Å². The van der Waals surface area contributed by atoms with Crippen molar-refractivity contribution < 1.29 is 39.6 Å². The summed E-state index contributed by atoms with van der Waals surface area (Å²) in [5.41, 5.74) is 0. The molecule has 0 aromatic carbocycles. The normalized spacial score (nSPS) is 5.00. The van der Waals surface area contributed by atoms with Gasteiger partial charge in [-0.3, -0.25) is 19.2 Å². The van der Waals surface area contributed by atoms with Crippen LogP contribution >= 0.6 is 0 Å². The second-order valence-electron chi connectivity index (χ2n) is 2.08. The van der Waals surface area contributed by atoms with Gasteiger partial charge in [0.2, 0.25) is 0 Å². The molecule has 0 fully saturated rings. The molecule has 0 aromatic rings. The molecule has 0 aliphatic heterocycles. The molecule has 0 radical (unpaired) electrons. The molecule has 0 aromatic heterocycles. The van der Waals surface area contributed by atoms with Gasteiger partial charge < -0.3 is 20.4 Å². The van der Waals surface area contributed by atoms with E-state index in [9.17, 15) is 0 Å². The van der Waals surface area contributed by atoms with E-state index in [2.05, 4.69) is 0 Å². The molecular weight excluding hydrogens is 415 g/mol. The van der Waals surface area contributed by atoms with Crippen LogP contribution in [0.25, 0.3) is 0 Å². The molecule has 4 N–H and O–H groups in total. The molecule has 0 bridgehead atoms. The van der Waals surface area contributed by atoms with Crippen LogP contribution in [0, 0.1) is 0 Å². The minimum absolute atomic E-state index is 0. The van der Waals surface area contributed by atoms with Crippen molar-refractivity contribution >= 4 is 182 Å². The van der Waals surface area contributed by atoms with Gasteiger partial charge in [0.05, 0.1) is 0 Å². The van der Waals surface area contributed by atoms with E-state index in [0.717, 1.165) is 27.7 Å². The second-order valence-corrected chi connectivity index (χ2v) is 2.08. The number of aliphatic carboxylic acids is 4. The zero-order valence-electron chi connectivity index (χ0n) is 9.42. The van der Waals surface area contributed by atoms with E-state index < -0.39 is 23.9 Å². The van der Waals surface area contributed by atoms with Crippen molar-refractivity contribution in [3.05, 3.63) is 0 Å². The predicted molar refractivity (Wildman–Crippen MR) is 86.0 cm³/mol. The zero-order valence-corrected chi connectivity index (χ0v) is 9.42. The van der Waals surface area contributed by atoms with E-state index >= 15 is 0 Å². The molecule has 0 saturated heterocycles. The van der Waals surface area contributed by atoms with E-state index in [0.29, 0.717) is 0 Å². The van der Waals surface area contributed by atoms with Crippen molar-refractivity contribution in [2.24, 2.45) is 0 Å². The van der Waals surface area contributed by atoms with Crippen molar-refractivity contribution in [1.82, 2.24) is 0 Å². The van der Waals surface area contributed by atoms with E-state index in [1.807, 2.05) is 0 Å². The van der Waals surface area contributed by atoms with Crippen molar-refractivity contribution in [2.75, 3.05) is 0 Å². The van der Waals surface area contributed by atoms with Gasteiger partial charge in [-0.2, -0.15) is 0 Å². The Morgan fingerprint density at radius 1 is 0.600 bits per heavy atom. The third-order valence-electron chi connectivity index (χ3n) is 0. The second kappa shape index (κ2) is 43.1. The van der Waals surface area contributed by atoms with Crippen LogP contribution < -0.4 is 0 Å². The molecule has 0 aliphatic carbocycles. The molecule has 12 heteroatoms. The zero-order chi connectivity index (χ0) is 14.3. The molecule has 0 spiro atoms. The van der Waals surface area contributed by atoms with Crippen molar-refractivity contribution in [2.45, 2.75) is 27.7 Å². The van der Waals surface area contributed by atoms with Gasteiger partial charge in [-0.1, -0.05) is 0 Å². The summed E-state index contributed by atoms with van der Waals surface area (Å²) in [6.45, 7) is 4.33. The van der Waals surface area contributed by atoms with Crippen LogP contribution in [0.15, 0.2) is 0 Å². The van der Waals surface area contributed by atoms with Gasteiger partial charge in [-0.15, -0.1) is 0 Å². The fourth-order valence-electron chi connectivity index (χ4n) is 0. The molecule has 20 heavy (non-hydrogen) atoms. The molecule has 0 saturated carbocycles. The summed E-state index contributed by atoms with van der Waals surface area (Å²) in [5.74, 6) is -3.33. The van der Waals surface area contributed by atoms with Crippen LogP contribution in [0.1, 0.15) is 27.7 Å². The molecule has 0 amide bonds. The fraction of sp³-hybridized carbons (Fsp3) is 0.500. The summed E-state index contributed by atoms with van der Waals surface area (Å²) in [6, 6.07) is 0. The van der Waals surface area contributed by atoms with E-state index in [1.54, 1.807) is 0 Å². The summed E-state index contributed by atoms with van der Waals surface area (Å²) in [6.07, 6.45) is 0. The summed E-state index contributed by atoms with van der Waals surface area (Å²) >= 11 is 0. The Labute approximate surface area is 243 Å². The Kier molecular flexibility index (Phi) is 107. The molecule has 110 valence electrons. The Morgan fingerprint density at radius 2 is 0.600 bits per heavy atom. The first-order valence-electron chi connectivity index (χ1n) is 3.71. The molecule has 0 atom stereocenters. The third-order valence-corrected chi connectivity index (χ3v) is 0. The van der Waals surface area contributed by atoms with Crippen molar-refractivity contribution in [1.29, 1.82) is 0 Å². The van der Waals surface area contributed by atoms with E-state index in [4.69, 9.17) is 39.6 Å². The van der Waals surface area contributed by atoms with E-state index in [-0.39, 0.29) is 158 Å². The van der Waals surface area contributed by atoms with Gasteiger partial charge >= 0.3 is 158 Å². The monoisotopic (exact) mass is 438 g/mol. The van der Waals surface area contributed by atoms with Crippen LogP contribution in [0.5, 0.6) is 0 Å². The molecule has 0 aliphatic rings. The quantitative estimate of drug-likeness (QED) is 0.292. The minimum atomic E-state index is -0.833. The number of hydrogen-bond donors (Lipinski definition) is 4. The van der Waals surface area contributed by atoms with Crippen LogP contribution in [-0.2, 0) is 19.2 Å². The van der Waals surface area contributed by atoms with Gasteiger partial charge in [0.1, 0.15) is 0 Å². The topological polar surface area (TPSA) is 149 Å². The molecule has 0 unspecified atom stereocenters. The average molecular weight is 438 g/mol. The average Bonchev–Trinajstić information content (AvgIpc) is 1.76. The number of carbonyl (C=O) groups is 4. The van der Waals surface area contributed by atoms with Gasteiger partial charge in [0, 0.05) is 27.7 Å². The number of carboxylic acid groups (broad SMARTS) is 4. The summed E-state index contributed by atoms with van der Waals surface area (Å²) < 4.78 is 0. The van der Waals surface area contributed by atoms with Crippen LogP contribution in [0.3, 0.4) is 0 Å². The first kappa shape index (κ1) is 49.5. The molecule has 0 rings (SSSR count).